The smallest absolute Gasteiger partial charge is 0.318 e. The van der Waals surface area contributed by atoms with Gasteiger partial charge >= 0.3 is 6.03 Å². The van der Waals surface area contributed by atoms with Crippen molar-refractivity contribution in [3.63, 3.8) is 0 Å². The topological polar surface area (TPSA) is 199 Å². The first-order valence-electron chi connectivity index (χ1n) is 24.7. The number of H-pyrrole nitrogens is 1. The number of anilines is 2. The number of aliphatic hydroxyl groups excluding tert-OH is 1. The Morgan fingerprint density at radius 1 is 0.971 bits per heavy atom. The predicted octanol–water partition coefficient (Wildman–Crippen LogP) is 4.46. The molecule has 8 heterocycles. The molecule has 0 radical (unpaired) electrons. The van der Waals surface area contributed by atoms with Crippen LogP contribution in [0.5, 0.6) is 5.75 Å². The number of rotatable bonds is 9. The van der Waals surface area contributed by atoms with Gasteiger partial charge in [-0.25, -0.2) is 14.8 Å². The molecule has 5 aliphatic heterocycles. The van der Waals surface area contributed by atoms with E-state index in [1.54, 1.807) is 12.1 Å². The van der Waals surface area contributed by atoms with Gasteiger partial charge in [-0.15, -0.1) is 16.6 Å². The fourth-order valence-corrected chi connectivity index (χ4v) is 12.3. The zero-order valence-corrected chi connectivity index (χ0v) is 40.3. The Labute approximate surface area is 408 Å². The average molecular weight is 947 g/mol. The van der Waals surface area contributed by atoms with E-state index in [9.17, 15) is 24.6 Å². The van der Waals surface area contributed by atoms with Crippen LogP contribution in [0, 0.1) is 35.0 Å². The molecule has 5 aromatic rings. The number of carbonyl (C=O) groups excluding carboxylic acids is 3. The number of aromatic amines is 1. The number of fused-ring (bicyclic) bond motifs is 4. The number of β-amino-alcohol motifs (C(OH)–C–C–N with tert-alkyl or cyclic N) is 1. The number of hydrogen-bond acceptors (Lipinski definition) is 12. The first kappa shape index (κ1) is 45.7. The predicted molar refractivity (Wildman–Crippen MR) is 264 cm³/mol. The second-order valence-electron chi connectivity index (χ2n) is 21.9. The van der Waals surface area contributed by atoms with Crippen LogP contribution in [0.1, 0.15) is 75.4 Å². The van der Waals surface area contributed by atoms with Gasteiger partial charge in [0, 0.05) is 111 Å². The Hall–Kier alpha value is -6.77. The lowest BCUT2D eigenvalue weighted by Crippen LogP contribution is -2.70. The third-order valence-corrected chi connectivity index (χ3v) is 16.1. The molecule has 5 fully saturated rings. The van der Waals surface area contributed by atoms with Gasteiger partial charge in [-0.3, -0.25) is 14.5 Å². The van der Waals surface area contributed by atoms with E-state index in [4.69, 9.17) is 16.4 Å². The number of para-hydroxylation sites is 1. The number of urea groups is 1. The normalized spacial score (nSPS) is 24.5. The number of likely N-dealkylation sites (tertiary alicyclic amines) is 3. The molecule has 0 unspecified atom stereocenters. The van der Waals surface area contributed by atoms with Gasteiger partial charge in [-0.1, -0.05) is 51.0 Å². The van der Waals surface area contributed by atoms with Crippen LogP contribution < -0.4 is 20.4 Å². The summed E-state index contributed by atoms with van der Waals surface area (Å²) in [4.78, 5) is 65.3. The van der Waals surface area contributed by atoms with Crippen molar-refractivity contribution < 1.29 is 24.6 Å². The fraction of sp³-hybridized carbons (Fsp3) is 0.491. The molecule has 4 saturated heterocycles. The number of terminal acetylenes is 1. The Balaban J connectivity index is 0.650. The van der Waals surface area contributed by atoms with E-state index in [-0.39, 0.29) is 54.6 Å². The summed E-state index contributed by atoms with van der Waals surface area (Å²) in [6, 6.07) is 15.0. The number of nitrogens with one attached hydrogen (secondary N) is 3. The van der Waals surface area contributed by atoms with Crippen molar-refractivity contribution in [2.45, 2.75) is 90.2 Å². The number of benzene rings is 2. The van der Waals surface area contributed by atoms with Crippen LogP contribution >= 0.6 is 0 Å². The highest BCUT2D eigenvalue weighted by molar-refractivity contribution is 5.93. The Morgan fingerprint density at radius 3 is 2.37 bits per heavy atom. The molecule has 2 aromatic carbocycles. The molecular formula is C53H62N12O5. The Morgan fingerprint density at radius 2 is 1.69 bits per heavy atom. The number of aromatic hydroxyl groups is 1. The highest BCUT2D eigenvalue weighted by Gasteiger charge is 2.57. The van der Waals surface area contributed by atoms with E-state index >= 15 is 0 Å². The largest absolute Gasteiger partial charge is 0.507 e. The molecular weight excluding hydrogens is 885 g/mol. The second kappa shape index (κ2) is 17.6. The Bertz CT molecular complexity index is 2850. The van der Waals surface area contributed by atoms with Crippen LogP contribution in [0.15, 0.2) is 67.0 Å². The van der Waals surface area contributed by atoms with Crippen LogP contribution in [0.4, 0.5) is 16.4 Å². The molecule has 11 rings (SSSR count). The van der Waals surface area contributed by atoms with Crippen LogP contribution in [-0.4, -0.2) is 144 Å². The standard InChI is InChI=1S/C53H62N12O5/c1-6-32-11-13-33(14-12-32)21-54-48(68)43-17-38(66)28-65(43)49(69)46(52(3,4)5)58-51(70)63-29-53(30-63)19-36(20-53)61-24-34-26-62(27-35(34)25-61)37-22-55-50(56-23-37)64-16-15-41-45(31(64)2)40-18-42(59-60-47(40)57-41)39-9-7-8-10-44(39)67/h1,7-14,18,22-23,31,34-36,38,43,46,66-67H,15-17,19-21,24-30H2,2-5H3,(H,54,68)(H,57,60)(H,58,70)/t31-,34-,35+,38+,43-,46+/m0/s1. The quantitative estimate of drug-likeness (QED) is 0.130. The molecule has 3 aromatic heterocycles. The van der Waals surface area contributed by atoms with Gasteiger partial charge in [0.05, 0.1) is 35.9 Å². The van der Waals surface area contributed by atoms with Crippen LogP contribution in [-0.2, 0) is 22.6 Å². The number of phenols is 1. The van der Waals surface area contributed by atoms with Crippen LogP contribution in [0.25, 0.3) is 22.3 Å². The van der Waals surface area contributed by atoms with Gasteiger partial charge in [0.1, 0.15) is 17.8 Å². The summed E-state index contributed by atoms with van der Waals surface area (Å²) in [7, 11) is 0. The molecule has 364 valence electrons. The summed E-state index contributed by atoms with van der Waals surface area (Å²) >= 11 is 0. The van der Waals surface area contributed by atoms with Gasteiger partial charge in [-0.2, -0.15) is 0 Å². The summed E-state index contributed by atoms with van der Waals surface area (Å²) in [5.74, 6) is 3.90. The van der Waals surface area contributed by atoms with Gasteiger partial charge < -0.3 is 45.4 Å². The molecule has 1 spiro atoms. The van der Waals surface area contributed by atoms with E-state index in [0.717, 1.165) is 91.1 Å². The first-order chi connectivity index (χ1) is 33.6. The minimum absolute atomic E-state index is 0.00727. The summed E-state index contributed by atoms with van der Waals surface area (Å²) in [5, 5.41) is 37.0. The first-order valence-corrected chi connectivity index (χ1v) is 24.7. The molecule has 70 heavy (non-hydrogen) atoms. The lowest BCUT2D eigenvalue weighted by molar-refractivity contribution is -0.142. The zero-order chi connectivity index (χ0) is 48.6. The second-order valence-corrected chi connectivity index (χ2v) is 21.9. The van der Waals surface area contributed by atoms with Crippen molar-refractivity contribution in [3.05, 3.63) is 89.4 Å². The maximum Gasteiger partial charge on any atom is 0.318 e. The zero-order valence-electron chi connectivity index (χ0n) is 40.3. The van der Waals surface area contributed by atoms with E-state index in [2.05, 4.69) is 53.4 Å². The van der Waals surface area contributed by atoms with Crippen molar-refractivity contribution in [1.82, 2.24) is 50.5 Å². The van der Waals surface area contributed by atoms with Crippen LogP contribution in [0.2, 0.25) is 0 Å². The van der Waals surface area contributed by atoms with Crippen molar-refractivity contribution in [1.29, 1.82) is 0 Å². The summed E-state index contributed by atoms with van der Waals surface area (Å²) in [6.45, 7) is 14.4. The number of aromatic nitrogens is 5. The molecule has 17 nitrogen and oxygen atoms in total. The van der Waals surface area contributed by atoms with Crippen molar-refractivity contribution >= 4 is 40.5 Å². The maximum absolute atomic E-state index is 14.2. The van der Waals surface area contributed by atoms with Gasteiger partial charge in [0.15, 0.2) is 5.65 Å². The van der Waals surface area contributed by atoms with Gasteiger partial charge in [0.25, 0.3) is 0 Å². The number of nitrogens with zero attached hydrogens (tertiary/aromatic N) is 9. The number of carbonyl (C=O) groups is 3. The number of aliphatic hydroxyl groups is 1. The molecule has 1 saturated carbocycles. The van der Waals surface area contributed by atoms with Crippen molar-refractivity contribution in [2.75, 3.05) is 62.2 Å². The average Bonchev–Trinajstić information content (AvgIpc) is 4.11. The molecule has 5 N–H and O–H groups in total. The third-order valence-electron chi connectivity index (χ3n) is 16.1. The molecule has 1 aliphatic carbocycles. The maximum atomic E-state index is 14.2. The summed E-state index contributed by atoms with van der Waals surface area (Å²) in [6.07, 6.45) is 11.6. The summed E-state index contributed by atoms with van der Waals surface area (Å²) in [5.41, 5.74) is 6.46. The van der Waals surface area contributed by atoms with E-state index in [1.165, 1.54) is 4.90 Å². The van der Waals surface area contributed by atoms with Crippen molar-refractivity contribution in [2.24, 2.45) is 22.7 Å². The number of amides is 4. The lowest BCUT2D eigenvalue weighted by Gasteiger charge is -2.60. The van der Waals surface area contributed by atoms with Crippen LogP contribution in [0.3, 0.4) is 0 Å². The molecule has 6 aliphatic rings. The van der Waals surface area contributed by atoms with Crippen molar-refractivity contribution in [3.8, 4) is 29.4 Å². The minimum Gasteiger partial charge on any atom is -0.507 e. The Kier molecular flexibility index (Phi) is 11.5. The number of phenolic OH excluding ortho intramolecular Hbond substituents is 1. The number of hydrogen-bond donors (Lipinski definition) is 5. The van der Waals surface area contributed by atoms with Gasteiger partial charge in [-0.05, 0) is 72.9 Å². The molecule has 0 bridgehead atoms. The minimum atomic E-state index is -0.882. The third kappa shape index (κ3) is 8.34. The SMILES string of the molecule is C#Cc1ccc(CNC(=O)[C@@H]2C[C@@H](O)CN2C(=O)[C@@H](NC(=O)N2CC3(CC(N4C[C@H]5CN(c6cnc(N7CCc8[nH]c9nnc(-c%10ccccc%10O)cc9c8[C@@H]7C)nc6)C[C@H]5C4)C3)C2)C(C)(C)C)cc1. The van der Waals surface area contributed by atoms with E-state index in [1.807, 2.05) is 80.5 Å². The fourth-order valence-electron chi connectivity index (χ4n) is 12.3. The van der Waals surface area contributed by atoms with E-state index in [0.29, 0.717) is 48.2 Å². The van der Waals surface area contributed by atoms with E-state index < -0.39 is 23.6 Å². The highest BCUT2D eigenvalue weighted by Crippen LogP contribution is 2.52. The van der Waals surface area contributed by atoms with Gasteiger partial charge in [0.2, 0.25) is 17.8 Å². The molecule has 6 atom stereocenters. The molecule has 17 heteroatoms. The highest BCUT2D eigenvalue weighted by atomic mass is 16.3. The summed E-state index contributed by atoms with van der Waals surface area (Å²) < 4.78 is 0. The lowest BCUT2D eigenvalue weighted by atomic mass is 9.60. The molecule has 4 amide bonds. The monoisotopic (exact) mass is 946 g/mol.